The summed E-state index contributed by atoms with van der Waals surface area (Å²) in [7, 11) is 0. The zero-order valence-electron chi connectivity index (χ0n) is 17.5. The minimum atomic E-state index is -1.32. The number of anilines is 1. The molecule has 0 spiro atoms. The van der Waals surface area contributed by atoms with E-state index in [-0.39, 0.29) is 34.6 Å². The number of ether oxygens (including phenoxy) is 1. The standard InChI is InChI=1S/C17H18N6O9S3/c18-16-20-6(4-35-16)9(22-32-3-8(24)25)12(26)21-10-13(27)23-11(15(28)29)7(5-34-14(10)23)33-2-1-31-17(19)30/h4,10,14H,1-3,5H2,(H2,18,20)(H2,19,30)(H,21,26)(H,24,25)(H,28,29)/b22-9-/t10-,14+/m1/s1. The maximum Gasteiger partial charge on any atom is 0.404 e. The number of carboxylic acids is 2. The number of carboxylic acid groups (broad SMARTS) is 2. The Hall–Kier alpha value is -3.51. The van der Waals surface area contributed by atoms with Crippen LogP contribution in [0.1, 0.15) is 5.69 Å². The zero-order valence-corrected chi connectivity index (χ0v) is 20.0. The number of hydrogen-bond acceptors (Lipinski definition) is 13. The number of nitrogens with zero attached hydrogens (tertiary/aromatic N) is 3. The SMILES string of the molecule is NC(=O)OCCSC1=C(C(=O)O)N2C(=O)[C@@H](NC(=O)/C(=N\OCC(=O)O)c3csc(N)n3)[C@@H]2SC1. The highest BCUT2D eigenvalue weighted by Crippen LogP contribution is 2.43. The Balaban J connectivity index is 1.72. The van der Waals surface area contributed by atoms with Gasteiger partial charge in [0.15, 0.2) is 10.8 Å². The molecule has 7 N–H and O–H groups in total. The zero-order chi connectivity index (χ0) is 25.7. The largest absolute Gasteiger partial charge is 0.479 e. The number of carbonyl (C=O) groups excluding carboxylic acids is 3. The van der Waals surface area contributed by atoms with Gasteiger partial charge in [0.05, 0.1) is 0 Å². The molecule has 35 heavy (non-hydrogen) atoms. The lowest BCUT2D eigenvalue weighted by Gasteiger charge is -2.49. The minimum absolute atomic E-state index is 0.0123. The van der Waals surface area contributed by atoms with Gasteiger partial charge in [-0.3, -0.25) is 14.5 Å². The fraction of sp³-hybridized carbons (Fsp3) is 0.353. The molecule has 188 valence electrons. The van der Waals surface area contributed by atoms with Crippen LogP contribution < -0.4 is 16.8 Å². The van der Waals surface area contributed by atoms with Crippen LogP contribution in [-0.4, -0.2) is 91.8 Å². The van der Waals surface area contributed by atoms with Gasteiger partial charge in [-0.25, -0.2) is 19.4 Å². The molecule has 2 atom stereocenters. The minimum Gasteiger partial charge on any atom is -0.479 e. The van der Waals surface area contributed by atoms with E-state index in [4.69, 9.17) is 16.6 Å². The highest BCUT2D eigenvalue weighted by Gasteiger charge is 2.54. The third kappa shape index (κ3) is 6.14. The van der Waals surface area contributed by atoms with E-state index in [0.29, 0.717) is 4.91 Å². The molecule has 15 nitrogen and oxygen atoms in total. The number of nitrogens with one attached hydrogen (secondary N) is 1. The van der Waals surface area contributed by atoms with Crippen molar-refractivity contribution in [1.29, 1.82) is 0 Å². The summed E-state index contributed by atoms with van der Waals surface area (Å²) < 4.78 is 4.62. The summed E-state index contributed by atoms with van der Waals surface area (Å²) in [5.41, 5.74) is 9.87. The molecule has 18 heteroatoms. The number of carbonyl (C=O) groups is 5. The number of hydrogen-bond donors (Lipinski definition) is 5. The predicted molar refractivity (Wildman–Crippen MR) is 124 cm³/mol. The fourth-order valence-electron chi connectivity index (χ4n) is 2.97. The molecule has 2 aliphatic heterocycles. The van der Waals surface area contributed by atoms with Crippen LogP contribution in [0.5, 0.6) is 0 Å². The lowest BCUT2D eigenvalue weighted by Crippen LogP contribution is -2.71. The van der Waals surface area contributed by atoms with Gasteiger partial charge in [-0.1, -0.05) is 5.16 Å². The summed E-state index contributed by atoms with van der Waals surface area (Å²) in [5, 5.41) is 25.2. The number of fused-ring (bicyclic) bond motifs is 1. The molecule has 1 aromatic rings. The summed E-state index contributed by atoms with van der Waals surface area (Å²) in [6, 6.07) is -1.08. The van der Waals surface area contributed by atoms with Gasteiger partial charge in [-0.2, -0.15) is 0 Å². The van der Waals surface area contributed by atoms with Gasteiger partial charge in [0, 0.05) is 21.8 Å². The second-order valence-electron chi connectivity index (χ2n) is 6.63. The van der Waals surface area contributed by atoms with Gasteiger partial charge in [0.25, 0.3) is 11.8 Å². The van der Waals surface area contributed by atoms with Crippen LogP contribution in [-0.2, 0) is 28.8 Å². The molecule has 0 bridgehead atoms. The molecule has 0 aliphatic carbocycles. The number of thiazole rings is 1. The topological polar surface area (TPSA) is 237 Å². The summed E-state index contributed by atoms with van der Waals surface area (Å²) in [6.07, 6.45) is -0.954. The Morgan fingerprint density at radius 1 is 1.34 bits per heavy atom. The van der Waals surface area contributed by atoms with Crippen molar-refractivity contribution in [3.8, 4) is 0 Å². The number of aromatic nitrogens is 1. The van der Waals surface area contributed by atoms with Crippen LogP contribution in [0, 0.1) is 0 Å². The molecule has 0 aromatic carbocycles. The van der Waals surface area contributed by atoms with E-state index >= 15 is 0 Å². The van der Waals surface area contributed by atoms with Crippen molar-refractivity contribution in [2.75, 3.05) is 30.5 Å². The van der Waals surface area contributed by atoms with E-state index in [1.54, 1.807) is 0 Å². The van der Waals surface area contributed by atoms with Gasteiger partial charge in [-0.05, 0) is 0 Å². The molecule has 3 rings (SSSR count). The van der Waals surface area contributed by atoms with E-state index in [1.807, 2.05) is 0 Å². The van der Waals surface area contributed by atoms with E-state index in [0.717, 1.165) is 28.0 Å². The van der Waals surface area contributed by atoms with Crippen LogP contribution >= 0.6 is 34.9 Å². The first-order chi connectivity index (χ1) is 16.6. The Kier molecular flexibility index (Phi) is 8.41. The number of oxime groups is 1. The van der Waals surface area contributed by atoms with Crippen LogP contribution in [0.15, 0.2) is 21.1 Å². The average Bonchev–Trinajstić information content (AvgIpc) is 3.22. The van der Waals surface area contributed by atoms with Gasteiger partial charge in [0.2, 0.25) is 6.61 Å². The molecule has 0 saturated carbocycles. The highest BCUT2D eigenvalue weighted by molar-refractivity contribution is 8.06. The molecular formula is C17H18N6O9S3. The molecule has 3 amide bonds. The highest BCUT2D eigenvalue weighted by atomic mass is 32.2. The monoisotopic (exact) mass is 546 g/mol. The van der Waals surface area contributed by atoms with E-state index in [2.05, 4.69) is 25.0 Å². The first kappa shape index (κ1) is 26.1. The number of amides is 3. The second kappa shape index (κ2) is 11.3. The lowest BCUT2D eigenvalue weighted by atomic mass is 10.0. The van der Waals surface area contributed by atoms with Crippen molar-refractivity contribution >= 4 is 75.6 Å². The Morgan fingerprint density at radius 3 is 2.69 bits per heavy atom. The number of nitrogen functional groups attached to an aromatic ring is 1. The van der Waals surface area contributed by atoms with Crippen molar-refractivity contribution < 1.29 is 43.8 Å². The number of β-lactam (4-membered cyclic amide) rings is 1. The van der Waals surface area contributed by atoms with Crippen LogP contribution in [0.3, 0.4) is 0 Å². The van der Waals surface area contributed by atoms with Crippen molar-refractivity contribution in [3.63, 3.8) is 0 Å². The molecule has 2 aliphatic rings. The lowest BCUT2D eigenvalue weighted by molar-refractivity contribution is -0.150. The molecule has 0 unspecified atom stereocenters. The fourth-order valence-corrected chi connectivity index (χ4v) is 5.99. The first-order valence-electron chi connectivity index (χ1n) is 9.50. The van der Waals surface area contributed by atoms with Gasteiger partial charge >= 0.3 is 18.0 Å². The van der Waals surface area contributed by atoms with Crippen molar-refractivity contribution in [1.82, 2.24) is 15.2 Å². The van der Waals surface area contributed by atoms with Crippen LogP contribution in [0.2, 0.25) is 0 Å². The number of aliphatic carboxylic acids is 2. The first-order valence-corrected chi connectivity index (χ1v) is 12.4. The summed E-state index contributed by atoms with van der Waals surface area (Å²) in [4.78, 5) is 68.9. The van der Waals surface area contributed by atoms with Crippen molar-refractivity contribution in [2.45, 2.75) is 11.4 Å². The number of nitrogens with two attached hydrogens (primary N) is 2. The summed E-state index contributed by atoms with van der Waals surface area (Å²) >= 11 is 3.34. The number of thioether (sulfide) groups is 2. The van der Waals surface area contributed by atoms with Crippen LogP contribution in [0.25, 0.3) is 0 Å². The van der Waals surface area contributed by atoms with E-state index in [9.17, 15) is 29.1 Å². The van der Waals surface area contributed by atoms with E-state index in [1.165, 1.54) is 17.1 Å². The normalized spacial score (nSPS) is 19.5. The number of rotatable bonds is 11. The maximum absolute atomic E-state index is 12.9. The molecular weight excluding hydrogens is 528 g/mol. The van der Waals surface area contributed by atoms with Gasteiger partial charge in [0.1, 0.15) is 29.4 Å². The average molecular weight is 547 g/mol. The number of primary amides is 1. The maximum atomic E-state index is 12.9. The van der Waals surface area contributed by atoms with E-state index < -0.39 is 53.6 Å². The Labute approximate surface area is 208 Å². The molecule has 1 aromatic heterocycles. The van der Waals surface area contributed by atoms with Crippen LogP contribution in [0.4, 0.5) is 9.93 Å². The summed E-state index contributed by atoms with van der Waals surface area (Å²) in [6.45, 7) is -0.854. The molecule has 3 heterocycles. The quantitative estimate of drug-likeness (QED) is 0.0975. The third-order valence-corrected chi connectivity index (χ3v) is 7.54. The Bertz CT molecular complexity index is 1120. The predicted octanol–water partition coefficient (Wildman–Crippen LogP) is -0.945. The Morgan fingerprint density at radius 2 is 2.09 bits per heavy atom. The molecule has 1 fully saturated rings. The molecule has 1 saturated heterocycles. The van der Waals surface area contributed by atoms with Crippen molar-refractivity contribution in [2.24, 2.45) is 10.9 Å². The van der Waals surface area contributed by atoms with Gasteiger partial charge in [-0.15, -0.1) is 34.9 Å². The van der Waals surface area contributed by atoms with Gasteiger partial charge < -0.3 is 36.6 Å². The van der Waals surface area contributed by atoms with Crippen molar-refractivity contribution in [3.05, 3.63) is 21.7 Å². The summed E-state index contributed by atoms with van der Waals surface area (Å²) in [5.74, 6) is -3.73. The smallest absolute Gasteiger partial charge is 0.404 e. The second-order valence-corrected chi connectivity index (χ2v) is 9.82. The third-order valence-electron chi connectivity index (χ3n) is 4.35. The molecule has 0 radical (unpaired) electrons.